The standard InChI is InChI=1S/C30H37N6O9P/c1-17(26(38)42-15-28(2,3)4)35-46(40,45-20-12-8-10-18-9-6-7-11-19(18)20)43-13-21-23(37)29(39)14-30(29,44-21)36-16-32-22-24(36)33-27(31)34-25(22)41-5/h6-12,16-17,21,23,37,39H,13-15H2,1-5H3,(H,35,40)(H2,31,33,34). The van der Waals surface area contributed by atoms with Gasteiger partial charge >= 0.3 is 13.7 Å². The number of ether oxygens (including phenoxy) is 3. The molecule has 46 heavy (non-hydrogen) atoms. The Kier molecular flexibility index (Phi) is 7.98. The molecule has 1 aliphatic carbocycles. The summed E-state index contributed by atoms with van der Waals surface area (Å²) in [5.41, 5.74) is 2.86. The third kappa shape index (κ3) is 5.67. The quantitative estimate of drug-likeness (QED) is 0.136. The molecule has 3 heterocycles. The number of benzene rings is 2. The van der Waals surface area contributed by atoms with Gasteiger partial charge in [-0.2, -0.15) is 15.1 Å². The molecule has 6 rings (SSSR count). The van der Waals surface area contributed by atoms with Gasteiger partial charge in [-0.3, -0.25) is 13.9 Å². The van der Waals surface area contributed by atoms with E-state index in [1.54, 1.807) is 18.2 Å². The number of carbonyl (C=O) groups excluding carboxylic acids is 1. The number of nitrogen functional groups attached to an aromatic ring is 1. The van der Waals surface area contributed by atoms with Crippen LogP contribution in [0.1, 0.15) is 34.1 Å². The number of nitrogens with zero attached hydrogens (tertiary/aromatic N) is 4. The first-order valence-corrected chi connectivity index (χ1v) is 16.2. The Hall–Kier alpha value is -3.85. The van der Waals surface area contributed by atoms with E-state index in [0.717, 1.165) is 5.39 Å². The molecule has 1 aliphatic heterocycles. The highest BCUT2D eigenvalue weighted by molar-refractivity contribution is 7.52. The maximum atomic E-state index is 14.3. The number of nitrogens with two attached hydrogens (primary N) is 1. The summed E-state index contributed by atoms with van der Waals surface area (Å²) in [4.78, 5) is 25.4. The van der Waals surface area contributed by atoms with Crippen molar-refractivity contribution in [3.8, 4) is 11.6 Å². The van der Waals surface area contributed by atoms with Crippen LogP contribution in [0.5, 0.6) is 11.6 Å². The second kappa shape index (κ2) is 11.4. The normalized spacial score (nSPS) is 26.0. The lowest BCUT2D eigenvalue weighted by Crippen LogP contribution is -2.39. The molecule has 1 saturated carbocycles. The smallest absolute Gasteiger partial charge is 0.459 e. The molecule has 5 N–H and O–H groups in total. The van der Waals surface area contributed by atoms with Crippen molar-refractivity contribution in [1.82, 2.24) is 24.6 Å². The minimum absolute atomic E-state index is 0.00835. The highest BCUT2D eigenvalue weighted by Crippen LogP contribution is 2.64. The summed E-state index contributed by atoms with van der Waals surface area (Å²) in [6.45, 7) is 6.88. The molecule has 15 nitrogen and oxygen atoms in total. The molecule has 16 heteroatoms. The predicted molar refractivity (Wildman–Crippen MR) is 166 cm³/mol. The first-order valence-electron chi connectivity index (χ1n) is 14.7. The topological polar surface area (TPSA) is 202 Å². The van der Waals surface area contributed by atoms with Crippen LogP contribution >= 0.6 is 7.75 Å². The van der Waals surface area contributed by atoms with Crippen LogP contribution in [-0.4, -0.2) is 79.9 Å². The van der Waals surface area contributed by atoms with Gasteiger partial charge in [-0.05, 0) is 23.8 Å². The van der Waals surface area contributed by atoms with Crippen molar-refractivity contribution in [3.05, 3.63) is 48.8 Å². The number of carbonyl (C=O) groups is 1. The summed E-state index contributed by atoms with van der Waals surface area (Å²) in [6, 6.07) is 11.5. The molecule has 2 aromatic heterocycles. The fraction of sp³-hybridized carbons (Fsp3) is 0.467. The molecule has 0 radical (unpaired) electrons. The van der Waals surface area contributed by atoms with Gasteiger partial charge in [0.2, 0.25) is 11.8 Å². The second-order valence-electron chi connectivity index (χ2n) is 12.7. The number of rotatable bonds is 11. The average molecular weight is 657 g/mol. The lowest BCUT2D eigenvalue weighted by atomic mass is 9.99. The van der Waals surface area contributed by atoms with Crippen LogP contribution in [0.15, 0.2) is 48.8 Å². The fourth-order valence-corrected chi connectivity index (χ4v) is 7.09. The summed E-state index contributed by atoms with van der Waals surface area (Å²) in [5.74, 6) is -0.368. The number of aromatic nitrogens is 4. The fourth-order valence-electron chi connectivity index (χ4n) is 5.56. The van der Waals surface area contributed by atoms with E-state index in [0.29, 0.717) is 5.39 Å². The molecular formula is C30H37N6O9P. The lowest BCUT2D eigenvalue weighted by Gasteiger charge is -2.27. The van der Waals surface area contributed by atoms with E-state index in [1.807, 2.05) is 45.0 Å². The molecule has 6 unspecified atom stereocenters. The van der Waals surface area contributed by atoms with E-state index in [1.165, 1.54) is 24.9 Å². The maximum Gasteiger partial charge on any atom is 0.459 e. The third-order valence-corrected chi connectivity index (χ3v) is 9.57. The van der Waals surface area contributed by atoms with Gasteiger partial charge in [0.25, 0.3) is 0 Å². The SMILES string of the molecule is COc1nc(N)nc2c1ncn2C12CC1(O)C(O)C(COP(=O)(NC(C)C(=O)OCC(C)(C)C)Oc1cccc3ccccc13)O2. The molecule has 246 valence electrons. The van der Waals surface area contributed by atoms with Gasteiger partial charge in [0.15, 0.2) is 16.9 Å². The summed E-state index contributed by atoms with van der Waals surface area (Å²) in [7, 11) is -2.95. The number of anilines is 1. The number of hydrogen-bond donors (Lipinski definition) is 4. The molecule has 1 saturated heterocycles. The Morgan fingerprint density at radius 3 is 2.72 bits per heavy atom. The molecule has 2 aliphatic rings. The van der Waals surface area contributed by atoms with Gasteiger partial charge in [-0.1, -0.05) is 57.2 Å². The van der Waals surface area contributed by atoms with Crippen molar-refractivity contribution < 1.29 is 42.8 Å². The van der Waals surface area contributed by atoms with Crippen molar-refractivity contribution in [3.63, 3.8) is 0 Å². The molecule has 0 amide bonds. The van der Waals surface area contributed by atoms with E-state index in [4.69, 9.17) is 29.0 Å². The van der Waals surface area contributed by atoms with Gasteiger partial charge in [-0.15, -0.1) is 0 Å². The zero-order valence-corrected chi connectivity index (χ0v) is 26.9. The zero-order chi connectivity index (χ0) is 33.1. The van der Waals surface area contributed by atoms with Crippen LogP contribution in [0.3, 0.4) is 0 Å². The Labute approximate surface area is 264 Å². The largest absolute Gasteiger partial charge is 0.479 e. The summed E-state index contributed by atoms with van der Waals surface area (Å²) in [5, 5.41) is 26.8. The van der Waals surface area contributed by atoms with Crippen molar-refractivity contribution in [1.29, 1.82) is 0 Å². The maximum absolute atomic E-state index is 14.3. The van der Waals surface area contributed by atoms with Crippen molar-refractivity contribution >= 4 is 41.6 Å². The molecular weight excluding hydrogens is 619 g/mol. The second-order valence-corrected chi connectivity index (χ2v) is 14.4. The Bertz CT molecular complexity index is 1840. The van der Waals surface area contributed by atoms with Crippen LogP contribution in [0, 0.1) is 5.41 Å². The number of aliphatic hydroxyl groups excluding tert-OH is 1. The summed E-state index contributed by atoms with van der Waals surface area (Å²) < 4.78 is 44.5. The number of fused-ring (bicyclic) bond motifs is 3. The van der Waals surface area contributed by atoms with E-state index >= 15 is 0 Å². The molecule has 0 bridgehead atoms. The van der Waals surface area contributed by atoms with Gasteiger partial charge < -0.3 is 34.7 Å². The van der Waals surface area contributed by atoms with Crippen molar-refractivity contribution in [2.75, 3.05) is 26.1 Å². The Morgan fingerprint density at radius 2 is 1.98 bits per heavy atom. The molecule has 2 fully saturated rings. The average Bonchev–Trinajstić information content (AvgIpc) is 3.28. The first-order chi connectivity index (χ1) is 21.7. The highest BCUT2D eigenvalue weighted by Gasteiger charge is 2.81. The van der Waals surface area contributed by atoms with Gasteiger partial charge in [0.05, 0.1) is 26.7 Å². The summed E-state index contributed by atoms with van der Waals surface area (Å²) in [6.07, 6.45) is -1.25. The van der Waals surface area contributed by atoms with Crippen molar-refractivity contribution in [2.24, 2.45) is 5.41 Å². The van der Waals surface area contributed by atoms with E-state index in [9.17, 15) is 19.6 Å². The van der Waals surface area contributed by atoms with Gasteiger partial charge in [0.1, 0.15) is 29.6 Å². The lowest BCUT2D eigenvalue weighted by molar-refractivity contribution is -0.148. The molecule has 0 spiro atoms. The minimum atomic E-state index is -4.36. The van der Waals surface area contributed by atoms with E-state index < -0.39 is 49.9 Å². The van der Waals surface area contributed by atoms with Crippen LogP contribution in [0.25, 0.3) is 21.9 Å². The zero-order valence-electron chi connectivity index (χ0n) is 26.0. The van der Waals surface area contributed by atoms with Crippen LogP contribution in [0.2, 0.25) is 0 Å². The van der Waals surface area contributed by atoms with Gasteiger partial charge in [0, 0.05) is 11.8 Å². The first kappa shape index (κ1) is 32.1. The molecule has 6 atom stereocenters. The number of esters is 1. The van der Waals surface area contributed by atoms with Crippen LogP contribution in [-0.2, 0) is 29.1 Å². The summed E-state index contributed by atoms with van der Waals surface area (Å²) >= 11 is 0. The molecule has 4 aromatic rings. The van der Waals surface area contributed by atoms with E-state index in [-0.39, 0.29) is 47.2 Å². The number of imidazole rings is 1. The van der Waals surface area contributed by atoms with Gasteiger partial charge in [-0.25, -0.2) is 9.55 Å². The number of nitrogens with one attached hydrogen (secondary N) is 1. The highest BCUT2D eigenvalue weighted by atomic mass is 31.2. The Morgan fingerprint density at radius 1 is 1.24 bits per heavy atom. The third-order valence-electron chi connectivity index (χ3n) is 7.94. The predicted octanol–water partition coefficient (Wildman–Crippen LogP) is 2.89. The van der Waals surface area contributed by atoms with E-state index in [2.05, 4.69) is 20.0 Å². The Balaban J connectivity index is 1.25. The minimum Gasteiger partial charge on any atom is -0.479 e. The number of methoxy groups -OCH3 is 1. The van der Waals surface area contributed by atoms with Crippen LogP contribution < -0.4 is 20.1 Å². The number of aliphatic hydroxyl groups is 2. The molecule has 2 aromatic carbocycles. The van der Waals surface area contributed by atoms with Crippen molar-refractivity contribution in [2.45, 2.75) is 63.7 Å². The monoisotopic (exact) mass is 656 g/mol. The van der Waals surface area contributed by atoms with Crippen LogP contribution in [0.4, 0.5) is 5.95 Å². The number of hydrogen-bond acceptors (Lipinski definition) is 13.